The van der Waals surface area contributed by atoms with E-state index in [2.05, 4.69) is 27.5 Å². The highest BCUT2D eigenvalue weighted by Crippen LogP contribution is 2.43. The maximum absolute atomic E-state index is 12.4. The zero-order valence-electron chi connectivity index (χ0n) is 13.7. The summed E-state index contributed by atoms with van der Waals surface area (Å²) in [5.74, 6) is 0.558. The van der Waals surface area contributed by atoms with E-state index in [1.54, 1.807) is 12.1 Å². The zero-order chi connectivity index (χ0) is 17.1. The Morgan fingerprint density at radius 2 is 1.88 bits per heavy atom. The van der Waals surface area contributed by atoms with Crippen LogP contribution in [0.4, 0.5) is 0 Å². The predicted octanol–water partition coefficient (Wildman–Crippen LogP) is 2.31. The number of hydrogen-bond acceptors (Lipinski definition) is 4. The van der Waals surface area contributed by atoms with E-state index >= 15 is 0 Å². The van der Waals surface area contributed by atoms with Crippen molar-refractivity contribution in [1.29, 1.82) is 0 Å². The first-order valence-corrected chi connectivity index (χ1v) is 9.95. The van der Waals surface area contributed by atoms with E-state index in [1.165, 1.54) is 11.1 Å². The first-order chi connectivity index (χ1) is 12.1. The quantitative estimate of drug-likeness (QED) is 0.728. The van der Waals surface area contributed by atoms with Gasteiger partial charge in [0.05, 0.1) is 13.2 Å². The van der Waals surface area contributed by atoms with E-state index in [0.29, 0.717) is 36.0 Å². The molecular formula is C19H18N2O3S. The summed E-state index contributed by atoms with van der Waals surface area (Å²) in [5.41, 5.74) is 2.89. The van der Waals surface area contributed by atoms with E-state index in [4.69, 9.17) is 4.74 Å². The molecule has 5 nitrogen and oxygen atoms in total. The third-order valence-corrected chi connectivity index (χ3v) is 6.73. The highest BCUT2D eigenvalue weighted by Gasteiger charge is 2.45. The Bertz CT molecular complexity index is 995. The molecule has 0 saturated carbocycles. The smallest absolute Gasteiger partial charge is 0.285 e. The molecule has 5 rings (SSSR count). The summed E-state index contributed by atoms with van der Waals surface area (Å²) in [7, 11) is -3.59. The second-order valence-electron chi connectivity index (χ2n) is 6.81. The number of sulfonamides is 1. The van der Waals surface area contributed by atoms with Gasteiger partial charge in [0, 0.05) is 12.1 Å². The van der Waals surface area contributed by atoms with Crippen molar-refractivity contribution in [2.75, 3.05) is 19.7 Å². The van der Waals surface area contributed by atoms with Crippen molar-refractivity contribution in [3.63, 3.8) is 0 Å². The molecular weight excluding hydrogens is 336 g/mol. The Hall–Kier alpha value is -2.18. The molecule has 0 bridgehead atoms. The molecule has 1 aliphatic carbocycles. The fraction of sp³-hybridized carbons (Fsp3) is 0.316. The predicted molar refractivity (Wildman–Crippen MR) is 94.1 cm³/mol. The van der Waals surface area contributed by atoms with Crippen LogP contribution in [0.2, 0.25) is 0 Å². The molecule has 0 radical (unpaired) electrons. The average molecular weight is 354 g/mol. The summed E-state index contributed by atoms with van der Waals surface area (Å²) >= 11 is 0. The molecule has 1 atom stereocenters. The summed E-state index contributed by atoms with van der Waals surface area (Å²) in [6.45, 7) is 1.84. The van der Waals surface area contributed by atoms with Gasteiger partial charge in [-0.25, -0.2) is 0 Å². The van der Waals surface area contributed by atoms with Crippen molar-refractivity contribution < 1.29 is 13.2 Å². The van der Waals surface area contributed by atoms with Crippen LogP contribution < -0.4 is 0 Å². The van der Waals surface area contributed by atoms with Crippen LogP contribution in [0, 0.1) is 0 Å². The Balaban J connectivity index is 1.55. The molecule has 2 aromatic carbocycles. The molecule has 1 fully saturated rings. The number of rotatable bonds is 0. The van der Waals surface area contributed by atoms with Crippen LogP contribution in [-0.4, -0.2) is 38.8 Å². The van der Waals surface area contributed by atoms with Crippen molar-refractivity contribution in [2.24, 2.45) is 4.40 Å². The van der Waals surface area contributed by atoms with Crippen molar-refractivity contribution in [2.45, 2.75) is 23.3 Å². The van der Waals surface area contributed by atoms with Gasteiger partial charge >= 0.3 is 0 Å². The number of fused-ring (bicyclic) bond motifs is 3. The van der Waals surface area contributed by atoms with E-state index in [9.17, 15) is 8.42 Å². The lowest BCUT2D eigenvalue weighted by atomic mass is 9.93. The van der Waals surface area contributed by atoms with Crippen LogP contribution in [0.3, 0.4) is 0 Å². The fourth-order valence-electron chi connectivity index (χ4n) is 4.25. The number of ether oxygens (including phenoxy) is 1. The summed E-state index contributed by atoms with van der Waals surface area (Å²) < 4.78 is 35.1. The van der Waals surface area contributed by atoms with Gasteiger partial charge in [0.2, 0.25) is 0 Å². The number of morpholine rings is 1. The van der Waals surface area contributed by atoms with Gasteiger partial charge in [-0.05, 0) is 36.1 Å². The number of aryl methyl sites for hydroxylation is 1. The molecule has 1 spiro atoms. The minimum Gasteiger partial charge on any atom is -0.367 e. The molecule has 2 aliphatic heterocycles. The molecule has 0 amide bonds. The lowest BCUT2D eigenvalue weighted by Gasteiger charge is -2.42. The van der Waals surface area contributed by atoms with Crippen LogP contribution in [0.1, 0.15) is 23.1 Å². The monoisotopic (exact) mass is 354 g/mol. The summed E-state index contributed by atoms with van der Waals surface area (Å²) in [6.07, 6.45) is 1.91. The van der Waals surface area contributed by atoms with E-state index < -0.39 is 10.0 Å². The molecule has 1 saturated heterocycles. The van der Waals surface area contributed by atoms with E-state index in [1.807, 2.05) is 18.2 Å². The van der Waals surface area contributed by atoms with Crippen molar-refractivity contribution in [1.82, 2.24) is 4.90 Å². The Morgan fingerprint density at radius 3 is 2.80 bits per heavy atom. The molecule has 2 heterocycles. The number of amidine groups is 1. The summed E-state index contributed by atoms with van der Waals surface area (Å²) in [4.78, 5) is 2.38. The van der Waals surface area contributed by atoms with Crippen molar-refractivity contribution in [3.05, 3.63) is 65.2 Å². The molecule has 0 N–H and O–H groups in total. The molecule has 1 unspecified atom stereocenters. The van der Waals surface area contributed by atoms with Gasteiger partial charge in [-0.15, -0.1) is 4.40 Å². The van der Waals surface area contributed by atoms with Crippen LogP contribution in [-0.2, 0) is 26.8 Å². The minimum atomic E-state index is -3.59. The van der Waals surface area contributed by atoms with E-state index in [-0.39, 0.29) is 5.60 Å². The van der Waals surface area contributed by atoms with Crippen LogP contribution >= 0.6 is 0 Å². The van der Waals surface area contributed by atoms with Gasteiger partial charge < -0.3 is 9.64 Å². The molecule has 25 heavy (non-hydrogen) atoms. The minimum absolute atomic E-state index is 0.303. The topological polar surface area (TPSA) is 59.0 Å². The lowest BCUT2D eigenvalue weighted by molar-refractivity contribution is -0.0966. The summed E-state index contributed by atoms with van der Waals surface area (Å²) in [5, 5.41) is 0. The van der Waals surface area contributed by atoms with Crippen LogP contribution in [0.25, 0.3) is 0 Å². The van der Waals surface area contributed by atoms with Crippen molar-refractivity contribution >= 4 is 15.9 Å². The Morgan fingerprint density at radius 1 is 1.08 bits per heavy atom. The average Bonchev–Trinajstić information content (AvgIpc) is 3.12. The maximum Gasteiger partial charge on any atom is 0.285 e. The summed E-state index contributed by atoms with van der Waals surface area (Å²) in [6, 6.07) is 15.4. The lowest BCUT2D eigenvalue weighted by Crippen LogP contribution is -2.51. The highest BCUT2D eigenvalue weighted by atomic mass is 32.2. The largest absolute Gasteiger partial charge is 0.367 e. The van der Waals surface area contributed by atoms with Gasteiger partial charge in [0.25, 0.3) is 10.0 Å². The van der Waals surface area contributed by atoms with Gasteiger partial charge in [-0.3, -0.25) is 0 Å². The first kappa shape index (κ1) is 15.1. The fourth-order valence-corrected chi connectivity index (χ4v) is 5.48. The number of benzene rings is 2. The Labute approximate surface area is 147 Å². The molecule has 128 valence electrons. The number of nitrogens with zero attached hydrogens (tertiary/aromatic N) is 2. The maximum atomic E-state index is 12.4. The Kier molecular flexibility index (Phi) is 3.12. The molecule has 2 aromatic rings. The normalized spacial score (nSPS) is 26.4. The zero-order valence-corrected chi connectivity index (χ0v) is 14.5. The van der Waals surface area contributed by atoms with Gasteiger partial charge in [-0.2, -0.15) is 8.42 Å². The second kappa shape index (κ2) is 5.16. The molecule has 3 aliphatic rings. The van der Waals surface area contributed by atoms with Gasteiger partial charge in [0.15, 0.2) is 5.84 Å². The van der Waals surface area contributed by atoms with E-state index in [0.717, 1.165) is 12.8 Å². The standard InChI is InChI=1S/C19H18N2O3S/c22-25(23)17-8-4-2-6-15(17)18(20-25)21-11-12-24-19(13-21)10-9-14-5-1-3-7-16(14)19/h1-8H,9-13H2. The van der Waals surface area contributed by atoms with Gasteiger partial charge in [-0.1, -0.05) is 36.4 Å². The van der Waals surface area contributed by atoms with Gasteiger partial charge in [0.1, 0.15) is 10.5 Å². The van der Waals surface area contributed by atoms with Crippen molar-refractivity contribution in [3.8, 4) is 0 Å². The van der Waals surface area contributed by atoms with Crippen LogP contribution in [0.5, 0.6) is 0 Å². The number of hydrogen-bond donors (Lipinski definition) is 0. The molecule has 0 aromatic heterocycles. The SMILES string of the molecule is O=S1(=O)N=C(N2CCOC3(CCc4ccccc43)C2)c2ccccc21. The second-order valence-corrected chi connectivity index (χ2v) is 8.38. The van der Waals surface area contributed by atoms with Crippen LogP contribution in [0.15, 0.2) is 57.8 Å². The third kappa shape index (κ3) is 2.17. The first-order valence-electron chi connectivity index (χ1n) is 8.51. The third-order valence-electron chi connectivity index (χ3n) is 5.40. The highest BCUT2D eigenvalue weighted by molar-refractivity contribution is 7.90. The molecule has 6 heteroatoms.